The number of anilines is 2. The number of ether oxygens (including phenoxy) is 3. The second kappa shape index (κ2) is 11.5. The number of hydrogen-bond acceptors (Lipinski definition) is 5. The van der Waals surface area contributed by atoms with Crippen LogP contribution < -0.4 is 24.8 Å². The molecule has 0 saturated carbocycles. The fraction of sp³-hybridized carbons (Fsp3) is 0.240. The van der Waals surface area contributed by atoms with E-state index in [4.69, 9.17) is 14.2 Å². The molecule has 3 rings (SSSR count). The molecule has 0 fully saturated rings. The second-order valence-electron chi connectivity index (χ2n) is 7.07. The maximum absolute atomic E-state index is 12.5. The minimum atomic E-state index is -0.184. The van der Waals surface area contributed by atoms with E-state index in [0.29, 0.717) is 30.4 Å². The van der Waals surface area contributed by atoms with Crippen LogP contribution in [0.1, 0.15) is 13.8 Å². The molecule has 0 radical (unpaired) electrons. The van der Waals surface area contributed by atoms with Crippen LogP contribution in [-0.2, 0) is 4.79 Å². The highest BCUT2D eigenvalue weighted by molar-refractivity contribution is 5.95. The van der Waals surface area contributed by atoms with E-state index >= 15 is 0 Å². The van der Waals surface area contributed by atoms with Crippen molar-refractivity contribution in [1.82, 2.24) is 0 Å². The normalized spacial score (nSPS) is 10.4. The minimum Gasteiger partial charge on any atom is -0.490 e. The number of carbonyl (C=O) groups is 1. The summed E-state index contributed by atoms with van der Waals surface area (Å²) in [5.74, 6) is 1.92. The SMILES string of the molecule is CC(C)Oc1ccccc1NCC(=O)Nc1ccccc1OCCOc1ccccc1. The van der Waals surface area contributed by atoms with Crippen molar-refractivity contribution < 1.29 is 19.0 Å². The summed E-state index contributed by atoms with van der Waals surface area (Å²) in [7, 11) is 0. The minimum absolute atomic E-state index is 0.0478. The molecule has 0 atom stereocenters. The fourth-order valence-electron chi connectivity index (χ4n) is 2.86. The van der Waals surface area contributed by atoms with E-state index in [1.165, 1.54) is 0 Å². The number of rotatable bonds is 11. The van der Waals surface area contributed by atoms with Gasteiger partial charge in [-0.3, -0.25) is 4.79 Å². The molecule has 0 bridgehead atoms. The van der Waals surface area contributed by atoms with Crippen molar-refractivity contribution in [3.8, 4) is 17.2 Å². The molecule has 6 nitrogen and oxygen atoms in total. The Hall–Kier alpha value is -3.67. The smallest absolute Gasteiger partial charge is 0.243 e. The van der Waals surface area contributed by atoms with Gasteiger partial charge in [0.15, 0.2) is 0 Å². The monoisotopic (exact) mass is 420 g/mol. The Morgan fingerprint density at radius 3 is 2.13 bits per heavy atom. The van der Waals surface area contributed by atoms with Gasteiger partial charge in [0.05, 0.1) is 24.0 Å². The lowest BCUT2D eigenvalue weighted by Gasteiger charge is -2.16. The molecule has 2 N–H and O–H groups in total. The summed E-state index contributed by atoms with van der Waals surface area (Å²) in [6, 6.07) is 24.5. The lowest BCUT2D eigenvalue weighted by atomic mass is 10.2. The van der Waals surface area contributed by atoms with E-state index in [2.05, 4.69) is 10.6 Å². The van der Waals surface area contributed by atoms with Crippen LogP contribution >= 0.6 is 0 Å². The van der Waals surface area contributed by atoms with Gasteiger partial charge in [0.2, 0.25) is 5.91 Å². The summed E-state index contributed by atoms with van der Waals surface area (Å²) < 4.78 is 17.2. The Kier molecular flexibility index (Phi) is 8.17. The van der Waals surface area contributed by atoms with Gasteiger partial charge >= 0.3 is 0 Å². The molecule has 0 saturated heterocycles. The van der Waals surface area contributed by atoms with Gasteiger partial charge in [0.25, 0.3) is 0 Å². The van der Waals surface area contributed by atoms with Crippen LogP contribution in [0, 0.1) is 0 Å². The van der Waals surface area contributed by atoms with Gasteiger partial charge in [0.1, 0.15) is 30.5 Å². The molecule has 1 amide bonds. The zero-order valence-corrected chi connectivity index (χ0v) is 17.8. The van der Waals surface area contributed by atoms with Gasteiger partial charge in [0, 0.05) is 0 Å². The van der Waals surface area contributed by atoms with Crippen molar-refractivity contribution >= 4 is 17.3 Å². The molecule has 0 unspecified atom stereocenters. The molecule has 0 heterocycles. The quantitative estimate of drug-likeness (QED) is 0.428. The van der Waals surface area contributed by atoms with Crippen molar-refractivity contribution in [3.05, 3.63) is 78.9 Å². The number of para-hydroxylation sites is 5. The number of benzene rings is 3. The summed E-state index contributed by atoms with van der Waals surface area (Å²) in [6.07, 6.45) is 0.0478. The summed E-state index contributed by atoms with van der Waals surface area (Å²) in [6.45, 7) is 4.79. The van der Waals surface area contributed by atoms with E-state index in [1.54, 1.807) is 6.07 Å². The zero-order chi connectivity index (χ0) is 21.9. The summed E-state index contributed by atoms with van der Waals surface area (Å²) in [5, 5.41) is 6.02. The Bertz CT molecular complexity index is 961. The Balaban J connectivity index is 1.50. The number of hydrogen-bond donors (Lipinski definition) is 2. The predicted molar refractivity (Wildman–Crippen MR) is 123 cm³/mol. The first-order valence-electron chi connectivity index (χ1n) is 10.3. The molecule has 31 heavy (non-hydrogen) atoms. The van der Waals surface area contributed by atoms with Gasteiger partial charge in [-0.05, 0) is 50.2 Å². The zero-order valence-electron chi connectivity index (χ0n) is 17.8. The summed E-state index contributed by atoms with van der Waals surface area (Å²) in [4.78, 5) is 12.5. The predicted octanol–water partition coefficient (Wildman–Crippen LogP) is 4.98. The molecule has 3 aromatic rings. The third-order valence-corrected chi connectivity index (χ3v) is 4.20. The van der Waals surface area contributed by atoms with Gasteiger partial charge in [-0.2, -0.15) is 0 Å². The molecule has 3 aromatic carbocycles. The largest absolute Gasteiger partial charge is 0.490 e. The molecular weight excluding hydrogens is 392 g/mol. The fourth-order valence-corrected chi connectivity index (χ4v) is 2.86. The summed E-state index contributed by atoms with van der Waals surface area (Å²) >= 11 is 0. The van der Waals surface area contributed by atoms with E-state index in [1.807, 2.05) is 86.6 Å². The Labute approximate surface area is 183 Å². The lowest BCUT2D eigenvalue weighted by molar-refractivity contribution is -0.114. The van der Waals surface area contributed by atoms with E-state index < -0.39 is 0 Å². The summed E-state index contributed by atoms with van der Waals surface area (Å²) in [5.41, 5.74) is 1.38. The maximum atomic E-state index is 12.5. The second-order valence-corrected chi connectivity index (χ2v) is 7.07. The van der Waals surface area contributed by atoms with E-state index in [-0.39, 0.29) is 18.6 Å². The van der Waals surface area contributed by atoms with E-state index in [9.17, 15) is 4.79 Å². The highest BCUT2D eigenvalue weighted by Gasteiger charge is 2.10. The van der Waals surface area contributed by atoms with Crippen molar-refractivity contribution in [3.63, 3.8) is 0 Å². The first kappa shape index (κ1) is 22.0. The van der Waals surface area contributed by atoms with Crippen LogP contribution in [0.2, 0.25) is 0 Å². The number of nitrogens with one attached hydrogen (secondary N) is 2. The maximum Gasteiger partial charge on any atom is 0.243 e. The van der Waals surface area contributed by atoms with Crippen LogP contribution in [0.3, 0.4) is 0 Å². The van der Waals surface area contributed by atoms with Gasteiger partial charge in [-0.1, -0.05) is 42.5 Å². The first-order valence-corrected chi connectivity index (χ1v) is 10.3. The van der Waals surface area contributed by atoms with Crippen LogP contribution in [0.15, 0.2) is 78.9 Å². The highest BCUT2D eigenvalue weighted by Crippen LogP contribution is 2.26. The number of amides is 1. The average molecular weight is 421 g/mol. The van der Waals surface area contributed by atoms with Crippen molar-refractivity contribution in [2.75, 3.05) is 30.4 Å². The third-order valence-electron chi connectivity index (χ3n) is 4.20. The van der Waals surface area contributed by atoms with Gasteiger partial charge in [-0.15, -0.1) is 0 Å². The van der Waals surface area contributed by atoms with Crippen LogP contribution in [0.25, 0.3) is 0 Å². The standard InChI is InChI=1S/C25H28N2O4/c1-19(2)31-24-15-9-6-12-21(24)26-18-25(28)27-22-13-7-8-14-23(22)30-17-16-29-20-10-4-3-5-11-20/h3-15,19,26H,16-18H2,1-2H3,(H,27,28). The molecule has 0 spiro atoms. The van der Waals surface area contributed by atoms with Crippen molar-refractivity contribution in [2.24, 2.45) is 0 Å². The van der Waals surface area contributed by atoms with Crippen LogP contribution in [0.5, 0.6) is 17.2 Å². The molecule has 0 aliphatic heterocycles. The van der Waals surface area contributed by atoms with Gasteiger partial charge in [-0.25, -0.2) is 0 Å². The van der Waals surface area contributed by atoms with E-state index in [0.717, 1.165) is 11.4 Å². The lowest BCUT2D eigenvalue weighted by Crippen LogP contribution is -2.22. The topological polar surface area (TPSA) is 68.8 Å². The molecule has 6 heteroatoms. The Morgan fingerprint density at radius 2 is 1.39 bits per heavy atom. The van der Waals surface area contributed by atoms with Crippen molar-refractivity contribution in [1.29, 1.82) is 0 Å². The molecule has 0 aromatic heterocycles. The van der Waals surface area contributed by atoms with Crippen LogP contribution in [0.4, 0.5) is 11.4 Å². The third kappa shape index (κ3) is 7.26. The van der Waals surface area contributed by atoms with Gasteiger partial charge < -0.3 is 24.8 Å². The number of carbonyl (C=O) groups excluding carboxylic acids is 1. The molecule has 162 valence electrons. The first-order chi connectivity index (χ1) is 15.1. The Morgan fingerprint density at radius 1 is 0.774 bits per heavy atom. The molecule has 0 aliphatic rings. The molecular formula is C25H28N2O4. The average Bonchev–Trinajstić information content (AvgIpc) is 2.77. The highest BCUT2D eigenvalue weighted by atomic mass is 16.5. The van der Waals surface area contributed by atoms with Crippen molar-refractivity contribution in [2.45, 2.75) is 20.0 Å². The molecule has 0 aliphatic carbocycles. The van der Waals surface area contributed by atoms with Crippen LogP contribution in [-0.4, -0.2) is 31.8 Å².